The lowest BCUT2D eigenvalue weighted by Crippen LogP contribution is -2.53. The lowest BCUT2D eigenvalue weighted by atomic mass is 9.48. The smallest absolute Gasteiger partial charge is 0.202 e. The summed E-state index contributed by atoms with van der Waals surface area (Å²) >= 11 is 0. The van der Waals surface area contributed by atoms with Gasteiger partial charge < -0.3 is 4.74 Å². The van der Waals surface area contributed by atoms with E-state index in [1.54, 1.807) is 0 Å². The van der Waals surface area contributed by atoms with Gasteiger partial charge in [-0.05, 0) is 36.0 Å². The normalized spacial score (nSPS) is 35.5. The van der Waals surface area contributed by atoms with Crippen LogP contribution in [0, 0.1) is 28.6 Å². The topological polar surface area (TPSA) is 43.4 Å². The van der Waals surface area contributed by atoms with Gasteiger partial charge in [0, 0.05) is 17.4 Å². The minimum atomic E-state index is -0.262. The molecule has 0 aromatic rings. The number of Topliss-reactive ketones (excluding diaryl/α,β-unsaturated/α-hetero) is 2. The number of fused-ring (bicyclic) bond motifs is 3. The molecule has 3 aliphatic carbocycles. The molecule has 3 atom stereocenters. The Kier molecular flexibility index (Phi) is 4.05. The predicted molar refractivity (Wildman–Crippen MR) is 94.3 cm³/mol. The summed E-state index contributed by atoms with van der Waals surface area (Å²) in [7, 11) is 1.52. The van der Waals surface area contributed by atoms with Crippen molar-refractivity contribution in [2.45, 2.75) is 60.3 Å². The van der Waals surface area contributed by atoms with Crippen LogP contribution < -0.4 is 0 Å². The number of hydrogen-bond acceptors (Lipinski definition) is 3. The van der Waals surface area contributed by atoms with Gasteiger partial charge in [-0.1, -0.05) is 52.7 Å². The molecule has 3 heteroatoms. The van der Waals surface area contributed by atoms with E-state index in [2.05, 4.69) is 26.8 Å². The average molecular weight is 330 g/mol. The van der Waals surface area contributed by atoms with Crippen LogP contribution in [0.25, 0.3) is 0 Å². The monoisotopic (exact) mass is 330 g/mol. The summed E-state index contributed by atoms with van der Waals surface area (Å²) in [6.45, 7) is 10.7. The second-order valence-corrected chi connectivity index (χ2v) is 8.92. The van der Waals surface area contributed by atoms with Crippen LogP contribution >= 0.6 is 0 Å². The third-order valence-electron chi connectivity index (χ3n) is 6.64. The fourth-order valence-electron chi connectivity index (χ4n) is 5.67. The molecular formula is C21H30O3. The Morgan fingerprint density at radius 3 is 2.38 bits per heavy atom. The number of rotatable bonds is 2. The second-order valence-electron chi connectivity index (χ2n) is 8.92. The Hall–Kier alpha value is -1.38. The molecule has 132 valence electrons. The largest absolute Gasteiger partial charge is 0.493 e. The maximum absolute atomic E-state index is 13.4. The number of hydrogen-bond donors (Lipinski definition) is 0. The van der Waals surface area contributed by atoms with Crippen LogP contribution in [-0.4, -0.2) is 18.7 Å². The van der Waals surface area contributed by atoms with Crippen LogP contribution in [0.3, 0.4) is 0 Å². The summed E-state index contributed by atoms with van der Waals surface area (Å²) in [5, 5.41) is 0. The van der Waals surface area contributed by atoms with E-state index in [9.17, 15) is 9.59 Å². The van der Waals surface area contributed by atoms with Crippen molar-refractivity contribution < 1.29 is 14.3 Å². The molecular weight excluding hydrogens is 300 g/mol. The van der Waals surface area contributed by atoms with Crippen molar-refractivity contribution in [1.82, 2.24) is 0 Å². The molecule has 0 spiro atoms. The maximum atomic E-state index is 13.4. The van der Waals surface area contributed by atoms with Crippen LogP contribution in [0.1, 0.15) is 60.3 Å². The molecule has 1 saturated carbocycles. The molecule has 3 aliphatic rings. The van der Waals surface area contributed by atoms with E-state index >= 15 is 0 Å². The lowest BCUT2D eigenvalue weighted by molar-refractivity contribution is -0.139. The molecule has 3 rings (SSSR count). The molecule has 0 saturated heterocycles. The first-order valence-electron chi connectivity index (χ1n) is 9.23. The molecule has 0 radical (unpaired) electrons. The summed E-state index contributed by atoms with van der Waals surface area (Å²) < 4.78 is 5.46. The molecule has 0 bridgehead atoms. The lowest BCUT2D eigenvalue weighted by Gasteiger charge is -2.54. The van der Waals surface area contributed by atoms with Gasteiger partial charge in [0.25, 0.3) is 0 Å². The van der Waals surface area contributed by atoms with Gasteiger partial charge in [0.05, 0.1) is 7.11 Å². The van der Waals surface area contributed by atoms with Crippen molar-refractivity contribution in [3.05, 3.63) is 23.0 Å². The molecule has 1 fully saturated rings. The fourth-order valence-corrected chi connectivity index (χ4v) is 5.67. The van der Waals surface area contributed by atoms with Crippen molar-refractivity contribution >= 4 is 11.6 Å². The maximum Gasteiger partial charge on any atom is 0.202 e. The first kappa shape index (κ1) is 17.4. The number of carbonyl (C=O) groups excluding carboxylic acids is 2. The van der Waals surface area contributed by atoms with Gasteiger partial charge in [-0.25, -0.2) is 0 Å². The highest BCUT2D eigenvalue weighted by Gasteiger charge is 2.58. The quantitative estimate of drug-likeness (QED) is 0.701. The minimum absolute atomic E-state index is 0.0123. The third-order valence-corrected chi connectivity index (χ3v) is 6.64. The van der Waals surface area contributed by atoms with Crippen molar-refractivity contribution in [3.63, 3.8) is 0 Å². The van der Waals surface area contributed by atoms with Crippen LogP contribution in [0.4, 0.5) is 0 Å². The number of ether oxygens (including phenoxy) is 1. The zero-order valence-electron chi connectivity index (χ0n) is 15.9. The molecule has 0 aromatic carbocycles. The second kappa shape index (κ2) is 5.57. The van der Waals surface area contributed by atoms with E-state index in [1.807, 2.05) is 13.8 Å². The van der Waals surface area contributed by atoms with Gasteiger partial charge in [0.2, 0.25) is 5.78 Å². The Balaban J connectivity index is 2.15. The molecule has 0 unspecified atom stereocenters. The summed E-state index contributed by atoms with van der Waals surface area (Å²) in [4.78, 5) is 26.5. The van der Waals surface area contributed by atoms with Gasteiger partial charge in [0.15, 0.2) is 11.5 Å². The van der Waals surface area contributed by atoms with E-state index in [0.29, 0.717) is 17.8 Å². The molecule has 0 N–H and O–H groups in total. The summed E-state index contributed by atoms with van der Waals surface area (Å²) in [5.41, 5.74) is 1.87. The van der Waals surface area contributed by atoms with E-state index in [0.717, 1.165) is 19.3 Å². The SMILES string of the molecule is COC1=C(C(C)C)C(=O)[C@H]2CC=C3C(C)(C)CCC[C@]3(C)[C@H]2C1=O. The molecule has 24 heavy (non-hydrogen) atoms. The Labute approximate surface area is 145 Å². The van der Waals surface area contributed by atoms with Crippen LogP contribution in [0.5, 0.6) is 0 Å². The molecule has 0 aromatic heterocycles. The van der Waals surface area contributed by atoms with Crippen LogP contribution in [-0.2, 0) is 14.3 Å². The number of ketones is 2. The zero-order valence-corrected chi connectivity index (χ0v) is 15.9. The van der Waals surface area contributed by atoms with Gasteiger partial charge >= 0.3 is 0 Å². The molecule has 0 heterocycles. The van der Waals surface area contributed by atoms with Gasteiger partial charge in [-0.3, -0.25) is 9.59 Å². The van der Waals surface area contributed by atoms with E-state index in [-0.39, 0.29) is 40.2 Å². The standard InChI is InChI=1S/C21H30O3/c1-12(2)15-17(22)13-8-9-14-20(3,4)10-7-11-21(14,5)16(13)18(23)19(15)24-6/h9,12-13,16H,7-8,10-11H2,1-6H3/t13-,16+,21-/m0/s1. The average Bonchev–Trinajstić information content (AvgIpc) is 2.48. The van der Waals surface area contributed by atoms with E-state index < -0.39 is 0 Å². The van der Waals surface area contributed by atoms with Gasteiger partial charge in [0.1, 0.15) is 0 Å². The highest BCUT2D eigenvalue weighted by molar-refractivity contribution is 6.13. The van der Waals surface area contributed by atoms with Crippen LogP contribution in [0.15, 0.2) is 23.0 Å². The fraction of sp³-hybridized carbons (Fsp3) is 0.714. The van der Waals surface area contributed by atoms with Crippen molar-refractivity contribution in [2.75, 3.05) is 7.11 Å². The van der Waals surface area contributed by atoms with Crippen LogP contribution in [0.2, 0.25) is 0 Å². The Morgan fingerprint density at radius 2 is 1.79 bits per heavy atom. The first-order chi connectivity index (χ1) is 11.1. The highest BCUT2D eigenvalue weighted by Crippen LogP contribution is 2.60. The minimum Gasteiger partial charge on any atom is -0.493 e. The first-order valence-corrected chi connectivity index (χ1v) is 9.23. The zero-order chi connectivity index (χ0) is 17.9. The summed E-state index contributed by atoms with van der Waals surface area (Å²) in [6.07, 6.45) is 6.21. The number of methoxy groups -OCH3 is 1. The molecule has 3 nitrogen and oxygen atoms in total. The molecule has 0 amide bonds. The van der Waals surface area contributed by atoms with E-state index in [1.165, 1.54) is 12.7 Å². The van der Waals surface area contributed by atoms with Crippen molar-refractivity contribution in [1.29, 1.82) is 0 Å². The Bertz CT molecular complexity index is 650. The highest BCUT2D eigenvalue weighted by atomic mass is 16.5. The van der Waals surface area contributed by atoms with Gasteiger partial charge in [-0.15, -0.1) is 0 Å². The summed E-state index contributed by atoms with van der Waals surface area (Å²) in [6, 6.07) is 0. The summed E-state index contributed by atoms with van der Waals surface area (Å²) in [5.74, 6) is 0.0434. The number of carbonyl (C=O) groups is 2. The van der Waals surface area contributed by atoms with E-state index in [4.69, 9.17) is 4.74 Å². The van der Waals surface area contributed by atoms with Crippen molar-refractivity contribution in [3.8, 4) is 0 Å². The predicted octanol–water partition coefficient (Wildman–Crippen LogP) is 4.47. The van der Waals surface area contributed by atoms with Crippen molar-refractivity contribution in [2.24, 2.45) is 28.6 Å². The third kappa shape index (κ3) is 2.23. The van der Waals surface area contributed by atoms with Gasteiger partial charge in [-0.2, -0.15) is 0 Å². The molecule has 0 aliphatic heterocycles. The number of allylic oxidation sites excluding steroid dienone is 4. The Morgan fingerprint density at radius 1 is 1.12 bits per heavy atom.